The number of carbonyl (C=O) groups is 2. The van der Waals surface area contributed by atoms with Crippen molar-refractivity contribution in [2.24, 2.45) is 0 Å². The fraction of sp³-hybridized carbons (Fsp3) is 0.385. The quantitative estimate of drug-likeness (QED) is 0.444. The van der Waals surface area contributed by atoms with E-state index in [-0.39, 0.29) is 5.56 Å². The molecule has 1 fully saturated rings. The molecule has 0 saturated heterocycles. The number of rotatable bonds is 7. The van der Waals surface area contributed by atoms with Crippen LogP contribution in [0.1, 0.15) is 58.4 Å². The number of methoxy groups -OCH3 is 1. The average molecular weight is 478 g/mol. The van der Waals surface area contributed by atoms with Gasteiger partial charge in [0, 0.05) is 36.9 Å². The van der Waals surface area contributed by atoms with E-state index >= 15 is 0 Å². The fourth-order valence-electron chi connectivity index (χ4n) is 4.69. The second kappa shape index (κ2) is 10.7. The summed E-state index contributed by atoms with van der Waals surface area (Å²) in [5.41, 5.74) is 2.48. The Hall–Kier alpha value is -3.72. The standard InChI is InChI=1S/C26H31N5O4/c1-27-22-14-28-13-17-12-20(25(33)30-23(17)22)24(32)29-21-10-9-16(26(34)35-3)11-18(21)15-31(2)19-7-5-4-6-8-19/h9-14,19,27H,4-8,15H2,1-3H3,(H,29,32)(H,30,33). The zero-order valence-corrected chi connectivity index (χ0v) is 20.3. The van der Waals surface area contributed by atoms with E-state index in [9.17, 15) is 14.4 Å². The SMILES string of the molecule is CNc1cncc2cc(C(=O)Nc3ccc(C(=O)OC)cc3CN(C)C3CCCCC3)c(=O)[nH]c12. The fourth-order valence-corrected chi connectivity index (χ4v) is 4.69. The minimum atomic E-state index is -0.532. The van der Waals surface area contributed by atoms with Gasteiger partial charge < -0.3 is 20.4 Å². The predicted molar refractivity (Wildman–Crippen MR) is 136 cm³/mol. The number of esters is 1. The Balaban J connectivity index is 1.64. The number of pyridine rings is 2. The van der Waals surface area contributed by atoms with Gasteiger partial charge in [-0.3, -0.25) is 19.5 Å². The number of amides is 1. The van der Waals surface area contributed by atoms with Gasteiger partial charge in [0.2, 0.25) is 0 Å². The van der Waals surface area contributed by atoms with E-state index < -0.39 is 17.4 Å². The molecule has 0 spiro atoms. The van der Waals surface area contributed by atoms with Gasteiger partial charge in [-0.1, -0.05) is 19.3 Å². The first-order valence-electron chi connectivity index (χ1n) is 11.8. The summed E-state index contributed by atoms with van der Waals surface area (Å²) >= 11 is 0. The first-order valence-corrected chi connectivity index (χ1v) is 11.8. The number of carbonyl (C=O) groups excluding carboxylic acids is 2. The summed E-state index contributed by atoms with van der Waals surface area (Å²) in [5, 5.41) is 6.50. The Bertz CT molecular complexity index is 1300. The molecule has 0 bridgehead atoms. The van der Waals surface area contributed by atoms with Gasteiger partial charge in [-0.25, -0.2) is 4.79 Å². The van der Waals surface area contributed by atoms with E-state index in [1.54, 1.807) is 37.6 Å². The topological polar surface area (TPSA) is 116 Å². The molecule has 1 saturated carbocycles. The van der Waals surface area contributed by atoms with Gasteiger partial charge in [0.05, 0.1) is 30.1 Å². The van der Waals surface area contributed by atoms with Gasteiger partial charge in [0.1, 0.15) is 5.56 Å². The third kappa shape index (κ3) is 5.35. The first kappa shape index (κ1) is 24.4. The third-order valence-electron chi connectivity index (χ3n) is 6.66. The molecule has 2 aromatic heterocycles. The molecule has 1 aliphatic carbocycles. The Morgan fingerprint density at radius 1 is 1.14 bits per heavy atom. The number of aromatic nitrogens is 2. The van der Waals surface area contributed by atoms with Gasteiger partial charge in [0.15, 0.2) is 0 Å². The zero-order valence-electron chi connectivity index (χ0n) is 20.3. The van der Waals surface area contributed by atoms with Gasteiger partial charge in [-0.2, -0.15) is 0 Å². The second-order valence-electron chi connectivity index (χ2n) is 8.94. The van der Waals surface area contributed by atoms with E-state index in [0.29, 0.717) is 40.4 Å². The molecule has 1 amide bonds. The molecule has 3 aromatic rings. The van der Waals surface area contributed by atoms with Crippen LogP contribution in [0.5, 0.6) is 0 Å². The van der Waals surface area contributed by atoms with Crippen molar-refractivity contribution in [3.8, 4) is 0 Å². The summed E-state index contributed by atoms with van der Waals surface area (Å²) in [6, 6.07) is 7.03. The maximum absolute atomic E-state index is 13.2. The molecule has 4 rings (SSSR count). The maximum atomic E-state index is 13.2. The highest BCUT2D eigenvalue weighted by molar-refractivity contribution is 6.07. The Morgan fingerprint density at radius 2 is 1.91 bits per heavy atom. The van der Waals surface area contributed by atoms with Crippen molar-refractivity contribution in [2.75, 3.05) is 31.8 Å². The number of benzene rings is 1. The summed E-state index contributed by atoms with van der Waals surface area (Å²) in [5.74, 6) is -0.973. The average Bonchev–Trinajstić information content (AvgIpc) is 2.88. The molecule has 1 aliphatic rings. The van der Waals surface area contributed by atoms with Crippen LogP contribution in [0.25, 0.3) is 10.9 Å². The number of hydrogen-bond acceptors (Lipinski definition) is 7. The van der Waals surface area contributed by atoms with Crippen LogP contribution < -0.4 is 16.2 Å². The third-order valence-corrected chi connectivity index (χ3v) is 6.66. The molecule has 9 nitrogen and oxygen atoms in total. The monoisotopic (exact) mass is 477 g/mol. The molecule has 1 aromatic carbocycles. The lowest BCUT2D eigenvalue weighted by Gasteiger charge is -2.31. The van der Waals surface area contributed by atoms with Crippen molar-refractivity contribution in [3.05, 3.63) is 63.7 Å². The highest BCUT2D eigenvalue weighted by Crippen LogP contribution is 2.26. The van der Waals surface area contributed by atoms with Gasteiger partial charge in [-0.15, -0.1) is 0 Å². The lowest BCUT2D eigenvalue weighted by molar-refractivity contribution is 0.0600. The lowest BCUT2D eigenvalue weighted by Crippen LogP contribution is -2.33. The Labute approximate surface area is 203 Å². The van der Waals surface area contributed by atoms with E-state index in [4.69, 9.17) is 4.74 Å². The minimum Gasteiger partial charge on any atom is -0.465 e. The number of nitrogens with zero attached hydrogens (tertiary/aromatic N) is 2. The first-order chi connectivity index (χ1) is 16.9. The largest absolute Gasteiger partial charge is 0.465 e. The molecule has 9 heteroatoms. The van der Waals surface area contributed by atoms with Crippen LogP contribution in [-0.4, -0.2) is 54.0 Å². The van der Waals surface area contributed by atoms with Crippen molar-refractivity contribution >= 4 is 34.2 Å². The normalized spacial score (nSPS) is 14.2. The highest BCUT2D eigenvalue weighted by Gasteiger charge is 2.21. The number of hydrogen-bond donors (Lipinski definition) is 3. The Kier molecular flexibility index (Phi) is 7.45. The number of anilines is 2. The molecule has 0 radical (unpaired) electrons. The highest BCUT2D eigenvalue weighted by atomic mass is 16.5. The van der Waals surface area contributed by atoms with Crippen LogP contribution in [0.2, 0.25) is 0 Å². The maximum Gasteiger partial charge on any atom is 0.337 e. The van der Waals surface area contributed by atoms with E-state index in [1.165, 1.54) is 32.4 Å². The minimum absolute atomic E-state index is 0.0174. The number of aromatic amines is 1. The van der Waals surface area contributed by atoms with E-state index in [1.807, 2.05) is 0 Å². The van der Waals surface area contributed by atoms with Crippen LogP contribution in [0, 0.1) is 0 Å². The summed E-state index contributed by atoms with van der Waals surface area (Å²) < 4.78 is 4.88. The lowest BCUT2D eigenvalue weighted by atomic mass is 9.94. The number of H-pyrrole nitrogens is 1. The number of fused-ring (bicyclic) bond motifs is 1. The molecule has 0 atom stereocenters. The van der Waals surface area contributed by atoms with E-state index in [0.717, 1.165) is 18.4 Å². The number of nitrogens with one attached hydrogen (secondary N) is 3. The summed E-state index contributed by atoms with van der Waals surface area (Å²) in [6.07, 6.45) is 9.13. The van der Waals surface area contributed by atoms with Crippen molar-refractivity contribution in [1.82, 2.24) is 14.9 Å². The smallest absolute Gasteiger partial charge is 0.337 e. The number of ether oxygens (including phenoxy) is 1. The van der Waals surface area contributed by atoms with Gasteiger partial charge >= 0.3 is 5.97 Å². The molecular formula is C26H31N5O4. The van der Waals surface area contributed by atoms with Crippen molar-refractivity contribution in [3.63, 3.8) is 0 Å². The predicted octanol–water partition coefficient (Wildman–Crippen LogP) is 3.77. The summed E-state index contributed by atoms with van der Waals surface area (Å²) in [4.78, 5) is 47.3. The summed E-state index contributed by atoms with van der Waals surface area (Å²) in [7, 11) is 5.14. The molecule has 35 heavy (non-hydrogen) atoms. The molecule has 3 N–H and O–H groups in total. The van der Waals surface area contributed by atoms with Crippen molar-refractivity contribution < 1.29 is 14.3 Å². The molecular weight excluding hydrogens is 446 g/mol. The van der Waals surface area contributed by atoms with Crippen LogP contribution >= 0.6 is 0 Å². The molecule has 0 aliphatic heterocycles. The van der Waals surface area contributed by atoms with Gasteiger partial charge in [-0.05, 0) is 49.7 Å². The molecule has 184 valence electrons. The van der Waals surface area contributed by atoms with Crippen LogP contribution in [0.3, 0.4) is 0 Å². The molecule has 2 heterocycles. The summed E-state index contributed by atoms with van der Waals surface area (Å²) in [6.45, 7) is 0.550. The van der Waals surface area contributed by atoms with E-state index in [2.05, 4.69) is 32.5 Å². The second-order valence-corrected chi connectivity index (χ2v) is 8.94. The van der Waals surface area contributed by atoms with Crippen molar-refractivity contribution in [2.45, 2.75) is 44.7 Å². The zero-order chi connectivity index (χ0) is 24.9. The van der Waals surface area contributed by atoms with Crippen molar-refractivity contribution in [1.29, 1.82) is 0 Å². The van der Waals surface area contributed by atoms with Gasteiger partial charge in [0.25, 0.3) is 11.5 Å². The van der Waals surface area contributed by atoms with Crippen LogP contribution in [0.4, 0.5) is 11.4 Å². The van der Waals surface area contributed by atoms with Crippen LogP contribution in [-0.2, 0) is 11.3 Å². The van der Waals surface area contributed by atoms with Crippen LogP contribution in [0.15, 0.2) is 41.5 Å². The molecule has 0 unspecified atom stereocenters. The Morgan fingerprint density at radius 3 is 2.63 bits per heavy atom.